The molecule has 1 amide bonds. The third kappa shape index (κ3) is 5.35. The molecule has 0 spiro atoms. The Bertz CT molecular complexity index is 1220. The van der Waals surface area contributed by atoms with Crippen LogP contribution in [0.2, 0.25) is 0 Å². The minimum Gasteiger partial charge on any atom is -0.494 e. The Hall–Kier alpha value is -3.48. The van der Waals surface area contributed by atoms with Crippen LogP contribution in [0.3, 0.4) is 0 Å². The number of hydrogen-bond donors (Lipinski definition) is 2. The van der Waals surface area contributed by atoms with Crippen molar-refractivity contribution in [2.24, 2.45) is 0 Å². The average molecular weight is 495 g/mol. The summed E-state index contributed by atoms with van der Waals surface area (Å²) in [6.45, 7) is 6.80. The molecule has 0 radical (unpaired) electrons. The lowest BCUT2D eigenvalue weighted by atomic mass is 9.84. The molecule has 6 nitrogen and oxygen atoms in total. The van der Waals surface area contributed by atoms with Crippen molar-refractivity contribution in [2.45, 2.75) is 51.9 Å². The molecule has 0 saturated carbocycles. The first kappa shape index (κ1) is 25.6. The molecule has 1 aliphatic rings. The number of halogens is 1. The molecule has 1 aliphatic carbocycles. The van der Waals surface area contributed by atoms with Crippen LogP contribution >= 0.6 is 0 Å². The number of ether oxygens (including phenoxy) is 2. The second-order valence-corrected chi connectivity index (χ2v) is 9.94. The van der Waals surface area contributed by atoms with Gasteiger partial charge in [-0.2, -0.15) is 0 Å². The summed E-state index contributed by atoms with van der Waals surface area (Å²) in [5.74, 6) is 1.38. The summed E-state index contributed by atoms with van der Waals surface area (Å²) in [7, 11) is 3.03. The minimum absolute atomic E-state index is 0.183. The molecule has 2 aromatic carbocycles. The highest BCUT2D eigenvalue weighted by molar-refractivity contribution is 6.04. The van der Waals surface area contributed by atoms with E-state index in [1.165, 1.54) is 36.5 Å². The van der Waals surface area contributed by atoms with E-state index < -0.39 is 12.6 Å². The summed E-state index contributed by atoms with van der Waals surface area (Å²) in [5, 5.41) is 5.98. The van der Waals surface area contributed by atoms with Gasteiger partial charge in [0, 0.05) is 30.8 Å². The number of furan rings is 1. The number of fused-ring (bicyclic) bond motifs is 1. The molecular formula is C29H35FN2O4. The standard InChI is InChI=1S/C29H35FN2O4/c1-18-13-19-9-10-29(2,3)23(19)15-20(18)14-22-7-8-24(36-22)28(33)32-27-25(34-4)16-21(17-26(27)35-5)31-12-6-11-30/h7-8,13,15-17,31H,6,9-12,14H2,1-5H3,(H,32,33). The summed E-state index contributed by atoms with van der Waals surface area (Å²) >= 11 is 0. The summed E-state index contributed by atoms with van der Waals surface area (Å²) < 4.78 is 29.3. The van der Waals surface area contributed by atoms with Crippen LogP contribution in [0, 0.1) is 6.92 Å². The van der Waals surface area contributed by atoms with Crippen molar-refractivity contribution < 1.29 is 23.1 Å². The van der Waals surface area contributed by atoms with Crippen LogP contribution in [0.15, 0.2) is 40.8 Å². The van der Waals surface area contributed by atoms with E-state index in [-0.39, 0.29) is 11.2 Å². The first-order chi connectivity index (χ1) is 17.2. The highest BCUT2D eigenvalue weighted by Crippen LogP contribution is 2.40. The summed E-state index contributed by atoms with van der Waals surface area (Å²) in [4.78, 5) is 13.0. The SMILES string of the molecule is COc1cc(NCCCF)cc(OC)c1NC(=O)c1ccc(Cc2cc3c(cc2C)CCC3(C)C)o1. The zero-order valence-corrected chi connectivity index (χ0v) is 21.7. The number of anilines is 2. The van der Waals surface area contributed by atoms with Gasteiger partial charge in [0.1, 0.15) is 22.9 Å². The van der Waals surface area contributed by atoms with E-state index in [4.69, 9.17) is 13.9 Å². The van der Waals surface area contributed by atoms with Gasteiger partial charge in [0.25, 0.3) is 5.91 Å². The molecule has 0 bridgehead atoms. The van der Waals surface area contributed by atoms with Crippen LogP contribution in [-0.4, -0.2) is 33.3 Å². The molecule has 1 heterocycles. The molecule has 0 saturated heterocycles. The van der Waals surface area contributed by atoms with Crippen LogP contribution < -0.4 is 20.1 Å². The molecule has 36 heavy (non-hydrogen) atoms. The summed E-state index contributed by atoms with van der Waals surface area (Å²) in [5.41, 5.74) is 6.59. The van der Waals surface area contributed by atoms with Crippen molar-refractivity contribution in [1.29, 1.82) is 0 Å². The second kappa shape index (κ2) is 10.6. The van der Waals surface area contributed by atoms with E-state index in [0.717, 1.165) is 18.6 Å². The Morgan fingerprint density at radius 2 is 1.83 bits per heavy atom. The van der Waals surface area contributed by atoms with Crippen LogP contribution in [0.5, 0.6) is 11.5 Å². The fourth-order valence-electron chi connectivity index (χ4n) is 4.82. The average Bonchev–Trinajstić information content (AvgIpc) is 3.44. The molecule has 4 rings (SSSR count). The van der Waals surface area contributed by atoms with E-state index in [9.17, 15) is 9.18 Å². The van der Waals surface area contributed by atoms with Crippen molar-refractivity contribution in [3.8, 4) is 11.5 Å². The Kier molecular flexibility index (Phi) is 7.57. The van der Waals surface area contributed by atoms with Crippen molar-refractivity contribution in [3.05, 3.63) is 70.2 Å². The van der Waals surface area contributed by atoms with Crippen molar-refractivity contribution in [1.82, 2.24) is 0 Å². The van der Waals surface area contributed by atoms with Gasteiger partial charge >= 0.3 is 0 Å². The van der Waals surface area contributed by atoms with E-state index in [0.29, 0.717) is 42.3 Å². The van der Waals surface area contributed by atoms with Gasteiger partial charge in [-0.15, -0.1) is 0 Å². The van der Waals surface area contributed by atoms with Gasteiger partial charge in [0.15, 0.2) is 5.76 Å². The normalized spacial score (nSPS) is 13.8. The fourth-order valence-corrected chi connectivity index (χ4v) is 4.82. The van der Waals surface area contributed by atoms with Gasteiger partial charge in [-0.1, -0.05) is 26.0 Å². The Labute approximate surface area is 212 Å². The molecule has 0 unspecified atom stereocenters. The lowest BCUT2D eigenvalue weighted by Crippen LogP contribution is -2.13. The number of benzene rings is 2. The van der Waals surface area contributed by atoms with Crippen molar-refractivity contribution >= 4 is 17.3 Å². The van der Waals surface area contributed by atoms with Crippen LogP contribution in [0.25, 0.3) is 0 Å². The van der Waals surface area contributed by atoms with Gasteiger partial charge in [0.05, 0.1) is 20.9 Å². The largest absolute Gasteiger partial charge is 0.494 e. The lowest BCUT2D eigenvalue weighted by Gasteiger charge is -2.20. The molecule has 192 valence electrons. The zero-order valence-electron chi connectivity index (χ0n) is 21.7. The monoisotopic (exact) mass is 494 g/mol. The molecular weight excluding hydrogens is 459 g/mol. The number of alkyl halides is 1. The van der Waals surface area contributed by atoms with Gasteiger partial charge < -0.3 is 24.5 Å². The van der Waals surface area contributed by atoms with Crippen LogP contribution in [0.4, 0.5) is 15.8 Å². The second-order valence-electron chi connectivity index (χ2n) is 9.94. The predicted octanol–water partition coefficient (Wildman–Crippen LogP) is 6.44. The number of carbonyl (C=O) groups excluding carboxylic acids is 1. The highest BCUT2D eigenvalue weighted by atomic mass is 19.1. The Morgan fingerprint density at radius 3 is 2.50 bits per heavy atom. The molecule has 2 N–H and O–H groups in total. The highest BCUT2D eigenvalue weighted by Gasteiger charge is 2.30. The van der Waals surface area contributed by atoms with Gasteiger partial charge in [0.2, 0.25) is 0 Å². The number of methoxy groups -OCH3 is 2. The van der Waals surface area contributed by atoms with Crippen LogP contribution in [-0.2, 0) is 18.3 Å². The Morgan fingerprint density at radius 1 is 1.11 bits per heavy atom. The molecule has 0 aliphatic heterocycles. The molecule has 0 fully saturated rings. The van der Waals surface area contributed by atoms with Gasteiger partial charge in [-0.05, 0) is 66.0 Å². The van der Waals surface area contributed by atoms with E-state index in [2.05, 4.69) is 43.5 Å². The summed E-state index contributed by atoms with van der Waals surface area (Å²) in [6.07, 6.45) is 3.30. The molecule has 3 aromatic rings. The third-order valence-electron chi connectivity index (χ3n) is 6.94. The summed E-state index contributed by atoms with van der Waals surface area (Å²) in [6, 6.07) is 11.6. The fraction of sp³-hybridized carbons (Fsp3) is 0.414. The maximum atomic E-state index is 13.0. The van der Waals surface area contributed by atoms with E-state index in [1.54, 1.807) is 18.2 Å². The molecule has 1 aromatic heterocycles. The van der Waals surface area contributed by atoms with Gasteiger partial charge in [-0.3, -0.25) is 9.18 Å². The maximum absolute atomic E-state index is 13.0. The van der Waals surface area contributed by atoms with E-state index in [1.807, 2.05) is 6.07 Å². The quantitative estimate of drug-likeness (QED) is 0.317. The Balaban J connectivity index is 1.51. The van der Waals surface area contributed by atoms with Crippen molar-refractivity contribution in [2.75, 3.05) is 38.1 Å². The number of amides is 1. The smallest absolute Gasteiger partial charge is 0.291 e. The topological polar surface area (TPSA) is 72.7 Å². The van der Waals surface area contributed by atoms with Crippen molar-refractivity contribution in [3.63, 3.8) is 0 Å². The number of rotatable bonds is 10. The number of carbonyl (C=O) groups is 1. The maximum Gasteiger partial charge on any atom is 0.291 e. The third-order valence-corrected chi connectivity index (χ3v) is 6.94. The van der Waals surface area contributed by atoms with Gasteiger partial charge in [-0.25, -0.2) is 0 Å². The van der Waals surface area contributed by atoms with Crippen LogP contribution in [0.1, 0.15) is 65.3 Å². The zero-order chi connectivity index (χ0) is 25.9. The predicted molar refractivity (Wildman–Crippen MR) is 141 cm³/mol. The number of hydrogen-bond acceptors (Lipinski definition) is 5. The molecule has 0 atom stereocenters. The number of aryl methyl sites for hydroxylation is 2. The number of nitrogens with one attached hydrogen (secondary N) is 2. The molecule has 7 heteroatoms. The minimum atomic E-state index is -0.400. The first-order valence-electron chi connectivity index (χ1n) is 12.3. The lowest BCUT2D eigenvalue weighted by molar-refractivity contribution is 0.0994. The van der Waals surface area contributed by atoms with E-state index >= 15 is 0 Å². The first-order valence-corrected chi connectivity index (χ1v) is 12.3.